The summed E-state index contributed by atoms with van der Waals surface area (Å²) in [4.78, 5) is 15.7. The maximum absolute atomic E-state index is 12.7. The van der Waals surface area contributed by atoms with Crippen molar-refractivity contribution < 1.29 is 27.1 Å². The third-order valence-corrected chi connectivity index (χ3v) is 3.11. The fourth-order valence-corrected chi connectivity index (χ4v) is 1.88. The highest BCUT2D eigenvalue weighted by atomic mass is 35.5. The number of alkyl halides is 4. The van der Waals surface area contributed by atoms with Gasteiger partial charge in [-0.05, 0) is 18.4 Å². The molecule has 0 aliphatic carbocycles. The second kappa shape index (κ2) is 10.4. The number of ether oxygens (including phenoxy) is 1. The normalized spacial score (nSPS) is 12.7. The van der Waals surface area contributed by atoms with E-state index >= 15 is 0 Å². The smallest absolute Gasteiger partial charge is 0.340 e. The van der Waals surface area contributed by atoms with Gasteiger partial charge in [0.15, 0.2) is 6.61 Å². The Morgan fingerprint density at radius 3 is 2.44 bits per heavy atom. The van der Waals surface area contributed by atoms with Gasteiger partial charge in [-0.15, -0.1) is 12.4 Å². The molecule has 0 aliphatic rings. The number of aromatic nitrogens is 1. The molecule has 3 N–H and O–H groups in total. The minimum Gasteiger partial charge on any atom is -0.471 e. The highest BCUT2D eigenvalue weighted by molar-refractivity contribution is 5.94. The number of amides is 1. The van der Waals surface area contributed by atoms with E-state index in [1.807, 2.05) is 13.8 Å². The van der Waals surface area contributed by atoms with Crippen molar-refractivity contribution in [3.8, 4) is 5.88 Å². The molecule has 0 bridgehead atoms. The van der Waals surface area contributed by atoms with Crippen LogP contribution in [0.2, 0.25) is 0 Å². The van der Waals surface area contributed by atoms with Crippen LogP contribution in [-0.4, -0.2) is 42.4 Å². The van der Waals surface area contributed by atoms with E-state index in [0.717, 1.165) is 12.3 Å². The number of nitrogens with two attached hydrogens (primary N) is 1. The fourth-order valence-electron chi connectivity index (χ4n) is 1.88. The van der Waals surface area contributed by atoms with Crippen molar-refractivity contribution in [3.63, 3.8) is 0 Å². The van der Waals surface area contributed by atoms with E-state index in [1.54, 1.807) is 0 Å². The number of hydrogen-bond donors (Lipinski definition) is 2. The number of carbonyl (C=O) groups is 1. The number of nitrogens with zero attached hydrogens (tertiary/aromatic N) is 1. The van der Waals surface area contributed by atoms with Gasteiger partial charge in [-0.2, -0.15) is 8.78 Å². The summed E-state index contributed by atoms with van der Waals surface area (Å²) < 4.78 is 54.1. The number of rotatable bonds is 9. The lowest BCUT2D eigenvalue weighted by molar-refractivity contribution is -0.148. The van der Waals surface area contributed by atoms with Crippen molar-refractivity contribution >= 4 is 18.3 Å². The summed E-state index contributed by atoms with van der Waals surface area (Å²) in [7, 11) is 0. The third-order valence-electron chi connectivity index (χ3n) is 3.11. The van der Waals surface area contributed by atoms with Crippen molar-refractivity contribution in [2.24, 2.45) is 11.7 Å². The molecule has 0 aromatic carbocycles. The van der Waals surface area contributed by atoms with E-state index in [1.165, 1.54) is 6.07 Å². The molecule has 1 aromatic rings. The maximum atomic E-state index is 12.7. The van der Waals surface area contributed by atoms with E-state index in [0.29, 0.717) is 12.3 Å². The molecular weight excluding hydrogens is 366 g/mol. The Bertz CT molecular complexity index is 530. The fraction of sp³-hybridized carbons (Fsp3) is 0.600. The molecule has 25 heavy (non-hydrogen) atoms. The Hall–Kier alpha value is -1.61. The first kappa shape index (κ1) is 23.4. The highest BCUT2D eigenvalue weighted by Crippen LogP contribution is 2.23. The van der Waals surface area contributed by atoms with Gasteiger partial charge < -0.3 is 15.8 Å². The Morgan fingerprint density at radius 2 is 2.00 bits per heavy atom. The topological polar surface area (TPSA) is 77.2 Å². The van der Waals surface area contributed by atoms with Crippen molar-refractivity contribution in [1.29, 1.82) is 0 Å². The zero-order valence-electron chi connectivity index (χ0n) is 13.8. The van der Waals surface area contributed by atoms with Crippen LogP contribution < -0.4 is 15.8 Å². The first-order chi connectivity index (χ1) is 11.2. The number of nitrogens with one attached hydrogen (secondary N) is 1. The Kier molecular flexibility index (Phi) is 9.73. The lowest BCUT2D eigenvalue weighted by atomic mass is 10.0. The average molecular weight is 388 g/mol. The summed E-state index contributed by atoms with van der Waals surface area (Å²) in [5.74, 6) is -4.60. The highest BCUT2D eigenvalue weighted by Gasteiger charge is 2.41. The lowest BCUT2D eigenvalue weighted by Gasteiger charge is -2.19. The summed E-state index contributed by atoms with van der Waals surface area (Å²) >= 11 is 0. The monoisotopic (exact) mass is 387 g/mol. The first-order valence-corrected chi connectivity index (χ1v) is 7.41. The number of carbonyl (C=O) groups excluding carboxylic acids is 1. The van der Waals surface area contributed by atoms with Crippen LogP contribution in [0, 0.1) is 5.92 Å². The minimum atomic E-state index is -4.26. The second-order valence-corrected chi connectivity index (χ2v) is 5.77. The molecule has 10 heteroatoms. The molecule has 1 unspecified atom stereocenters. The van der Waals surface area contributed by atoms with Crippen LogP contribution in [0.15, 0.2) is 18.3 Å². The Labute approximate surface area is 149 Å². The number of hydrogen-bond acceptors (Lipinski definition) is 4. The molecule has 0 radical (unpaired) electrons. The molecule has 0 fully saturated rings. The van der Waals surface area contributed by atoms with Crippen molar-refractivity contribution in [3.05, 3.63) is 23.9 Å². The largest absolute Gasteiger partial charge is 0.471 e. The average Bonchev–Trinajstić information content (AvgIpc) is 2.52. The van der Waals surface area contributed by atoms with Gasteiger partial charge in [0.2, 0.25) is 5.88 Å². The molecule has 0 saturated heterocycles. The van der Waals surface area contributed by atoms with Crippen LogP contribution in [0.4, 0.5) is 17.6 Å². The minimum absolute atomic E-state index is 0. The third kappa shape index (κ3) is 7.87. The van der Waals surface area contributed by atoms with E-state index in [-0.39, 0.29) is 36.4 Å². The molecule has 5 nitrogen and oxygen atoms in total. The van der Waals surface area contributed by atoms with E-state index in [4.69, 9.17) is 5.73 Å². The van der Waals surface area contributed by atoms with Gasteiger partial charge in [-0.1, -0.05) is 13.8 Å². The SMILES string of the molecule is CC(C)CC(CN)NC(=O)c1ccc(OCC(F)(F)C(F)F)nc1.Cl. The van der Waals surface area contributed by atoms with Crippen molar-refractivity contribution in [1.82, 2.24) is 10.3 Å². The van der Waals surface area contributed by atoms with Crippen molar-refractivity contribution in [2.75, 3.05) is 13.2 Å². The Morgan fingerprint density at radius 1 is 1.36 bits per heavy atom. The number of pyridine rings is 1. The predicted octanol–water partition coefficient (Wildman–Crippen LogP) is 2.89. The predicted molar refractivity (Wildman–Crippen MR) is 87.7 cm³/mol. The summed E-state index contributed by atoms with van der Waals surface area (Å²) in [6.45, 7) is 2.78. The van der Waals surface area contributed by atoms with Gasteiger partial charge in [0.1, 0.15) is 0 Å². The van der Waals surface area contributed by atoms with Crippen LogP contribution >= 0.6 is 12.4 Å². The first-order valence-electron chi connectivity index (χ1n) is 7.41. The quantitative estimate of drug-likeness (QED) is 0.639. The second-order valence-electron chi connectivity index (χ2n) is 5.77. The van der Waals surface area contributed by atoms with Crippen LogP contribution in [-0.2, 0) is 0 Å². The van der Waals surface area contributed by atoms with E-state index in [2.05, 4.69) is 15.0 Å². The summed E-state index contributed by atoms with van der Waals surface area (Å²) in [6, 6.07) is 2.27. The molecule has 1 atom stereocenters. The van der Waals surface area contributed by atoms with Crippen LogP contribution in [0.5, 0.6) is 5.88 Å². The van der Waals surface area contributed by atoms with E-state index < -0.39 is 24.9 Å². The molecule has 1 aromatic heterocycles. The van der Waals surface area contributed by atoms with Crippen molar-refractivity contribution in [2.45, 2.75) is 38.7 Å². The van der Waals surface area contributed by atoms with Gasteiger partial charge in [-0.25, -0.2) is 13.8 Å². The molecule has 0 aliphatic heterocycles. The van der Waals surface area contributed by atoms with Crippen LogP contribution in [0.3, 0.4) is 0 Å². The van der Waals surface area contributed by atoms with Gasteiger partial charge in [0, 0.05) is 24.8 Å². The molecule has 0 saturated carbocycles. The van der Waals surface area contributed by atoms with Gasteiger partial charge in [0.05, 0.1) is 5.56 Å². The van der Waals surface area contributed by atoms with Gasteiger partial charge in [-0.3, -0.25) is 4.79 Å². The maximum Gasteiger partial charge on any atom is 0.340 e. The van der Waals surface area contributed by atoms with Crippen LogP contribution in [0.1, 0.15) is 30.6 Å². The summed E-state index contributed by atoms with van der Waals surface area (Å²) in [5.41, 5.74) is 5.78. The molecule has 1 rings (SSSR count). The summed E-state index contributed by atoms with van der Waals surface area (Å²) in [5, 5.41) is 2.74. The van der Waals surface area contributed by atoms with Crippen LogP contribution in [0.25, 0.3) is 0 Å². The molecule has 1 amide bonds. The number of halogens is 5. The molecule has 0 spiro atoms. The lowest BCUT2D eigenvalue weighted by Crippen LogP contribution is -2.41. The summed E-state index contributed by atoms with van der Waals surface area (Å²) in [6.07, 6.45) is -2.00. The van der Waals surface area contributed by atoms with Gasteiger partial charge in [0.25, 0.3) is 5.91 Å². The molecule has 144 valence electrons. The zero-order valence-corrected chi connectivity index (χ0v) is 14.7. The molecular formula is C15H22ClF4N3O2. The molecule has 1 heterocycles. The van der Waals surface area contributed by atoms with E-state index in [9.17, 15) is 22.4 Å². The van der Waals surface area contributed by atoms with Gasteiger partial charge >= 0.3 is 12.3 Å². The Balaban J connectivity index is 0.00000576. The zero-order chi connectivity index (χ0) is 18.3. The standard InChI is InChI=1S/C15H21F4N3O2.ClH/c1-9(2)5-11(6-20)22-13(23)10-3-4-12(21-7-10)24-8-15(18,19)14(16)17;/h3-4,7,9,11,14H,5-6,8,20H2,1-2H3,(H,22,23);1H.